The molecular weight excluding hydrogens is 392 g/mol. The molecule has 1 fully saturated rings. The van der Waals surface area contributed by atoms with Crippen molar-refractivity contribution < 1.29 is 13.9 Å². The normalized spacial score (nSPS) is 15.2. The van der Waals surface area contributed by atoms with Crippen LogP contribution in [-0.4, -0.2) is 37.6 Å². The number of hydrogen-bond acceptors (Lipinski definition) is 5. The van der Waals surface area contributed by atoms with Gasteiger partial charge >= 0.3 is 0 Å². The smallest absolute Gasteiger partial charge is 0.287 e. The standard InChI is InChI=1S/C25H28N2O4/c1-16-12-17(2)24-21(28)14-23(31-22(24)13-16)25(29)26-15-20(27-10-4-5-11-27)18-6-8-19(30-3)9-7-18/h6-9,12-14,20H,4-5,10-11,15H2,1-3H3,(H,26,29). The first-order chi connectivity index (χ1) is 15.0. The number of ether oxygens (including phenoxy) is 1. The maximum atomic E-state index is 12.9. The van der Waals surface area contributed by atoms with Crippen LogP contribution in [0.5, 0.6) is 5.75 Å². The van der Waals surface area contributed by atoms with Crippen molar-refractivity contribution in [3.8, 4) is 5.75 Å². The first kappa shape index (κ1) is 21.1. The van der Waals surface area contributed by atoms with E-state index in [-0.39, 0.29) is 23.1 Å². The van der Waals surface area contributed by atoms with Crippen molar-refractivity contribution in [1.29, 1.82) is 0 Å². The fraction of sp³-hybridized carbons (Fsp3) is 0.360. The molecule has 1 amide bonds. The molecule has 3 aromatic rings. The zero-order chi connectivity index (χ0) is 22.0. The molecule has 0 aliphatic carbocycles. The number of nitrogens with one attached hydrogen (secondary N) is 1. The van der Waals surface area contributed by atoms with Crippen LogP contribution in [0.15, 0.2) is 51.7 Å². The minimum atomic E-state index is -0.379. The van der Waals surface area contributed by atoms with Crippen LogP contribution in [0, 0.1) is 13.8 Å². The SMILES string of the molecule is COc1ccc(C(CNC(=O)c2cc(=O)c3c(C)cc(C)cc3o2)N2CCCC2)cc1. The number of carbonyl (C=O) groups is 1. The lowest BCUT2D eigenvalue weighted by Gasteiger charge is -2.28. The monoisotopic (exact) mass is 420 g/mol. The van der Waals surface area contributed by atoms with E-state index >= 15 is 0 Å². The van der Waals surface area contributed by atoms with Crippen LogP contribution in [-0.2, 0) is 0 Å². The maximum Gasteiger partial charge on any atom is 0.287 e. The number of likely N-dealkylation sites (tertiary alicyclic amines) is 1. The van der Waals surface area contributed by atoms with Crippen LogP contribution >= 0.6 is 0 Å². The van der Waals surface area contributed by atoms with E-state index in [4.69, 9.17) is 9.15 Å². The third-order valence-corrected chi connectivity index (χ3v) is 5.93. The maximum absolute atomic E-state index is 12.9. The lowest BCUT2D eigenvalue weighted by Crippen LogP contribution is -2.37. The predicted molar refractivity (Wildman–Crippen MR) is 121 cm³/mol. The molecule has 1 aliphatic heterocycles. The topological polar surface area (TPSA) is 71.8 Å². The van der Waals surface area contributed by atoms with Gasteiger partial charge in [-0.1, -0.05) is 18.2 Å². The van der Waals surface area contributed by atoms with E-state index in [0.717, 1.165) is 48.4 Å². The molecule has 6 nitrogen and oxygen atoms in total. The van der Waals surface area contributed by atoms with Gasteiger partial charge in [-0.3, -0.25) is 14.5 Å². The first-order valence-electron chi connectivity index (χ1n) is 10.7. The molecule has 2 heterocycles. The molecule has 1 N–H and O–H groups in total. The van der Waals surface area contributed by atoms with E-state index in [2.05, 4.69) is 10.2 Å². The van der Waals surface area contributed by atoms with Crippen molar-refractivity contribution in [2.24, 2.45) is 0 Å². The summed E-state index contributed by atoms with van der Waals surface area (Å²) in [5, 5.41) is 3.50. The molecule has 1 aliphatic rings. The van der Waals surface area contributed by atoms with Gasteiger partial charge in [0.05, 0.1) is 18.5 Å². The number of amides is 1. The number of fused-ring (bicyclic) bond motifs is 1. The Morgan fingerprint density at radius 1 is 1.13 bits per heavy atom. The van der Waals surface area contributed by atoms with E-state index in [9.17, 15) is 9.59 Å². The highest BCUT2D eigenvalue weighted by atomic mass is 16.5. The van der Waals surface area contributed by atoms with E-state index in [1.807, 2.05) is 44.2 Å². The van der Waals surface area contributed by atoms with Crippen molar-refractivity contribution in [3.63, 3.8) is 0 Å². The Hall–Kier alpha value is -3.12. The zero-order valence-electron chi connectivity index (χ0n) is 18.2. The van der Waals surface area contributed by atoms with E-state index in [1.165, 1.54) is 6.07 Å². The van der Waals surface area contributed by atoms with Crippen LogP contribution in [0.2, 0.25) is 0 Å². The molecule has 0 spiro atoms. The molecule has 0 radical (unpaired) electrons. The van der Waals surface area contributed by atoms with Gasteiger partial charge in [0.15, 0.2) is 11.2 Å². The number of rotatable bonds is 6. The van der Waals surface area contributed by atoms with Crippen molar-refractivity contribution in [3.05, 3.63) is 75.1 Å². The summed E-state index contributed by atoms with van der Waals surface area (Å²) >= 11 is 0. The molecule has 1 aromatic heterocycles. The van der Waals surface area contributed by atoms with Crippen LogP contribution in [0.3, 0.4) is 0 Å². The highest BCUT2D eigenvalue weighted by Gasteiger charge is 2.25. The molecule has 0 bridgehead atoms. The summed E-state index contributed by atoms with van der Waals surface area (Å²) in [6, 6.07) is 13.0. The minimum absolute atomic E-state index is 0.0393. The van der Waals surface area contributed by atoms with Crippen molar-refractivity contribution in [2.45, 2.75) is 32.7 Å². The van der Waals surface area contributed by atoms with Gasteiger partial charge in [0, 0.05) is 12.6 Å². The summed E-state index contributed by atoms with van der Waals surface area (Å²) in [6.07, 6.45) is 2.30. The lowest BCUT2D eigenvalue weighted by molar-refractivity contribution is 0.0910. The summed E-state index contributed by atoms with van der Waals surface area (Å²) < 4.78 is 11.1. The van der Waals surface area contributed by atoms with Gasteiger partial charge in [-0.15, -0.1) is 0 Å². The van der Waals surface area contributed by atoms with Gasteiger partial charge in [0.25, 0.3) is 5.91 Å². The third kappa shape index (κ3) is 4.49. The molecule has 162 valence electrons. The predicted octanol–water partition coefficient (Wildman–Crippen LogP) is 3.99. The fourth-order valence-corrected chi connectivity index (χ4v) is 4.39. The van der Waals surface area contributed by atoms with Crippen molar-refractivity contribution >= 4 is 16.9 Å². The molecule has 1 unspecified atom stereocenters. The summed E-state index contributed by atoms with van der Waals surface area (Å²) in [4.78, 5) is 27.9. The molecule has 1 atom stereocenters. The van der Waals surface area contributed by atoms with E-state index in [1.54, 1.807) is 13.2 Å². The molecule has 6 heteroatoms. The van der Waals surface area contributed by atoms with Crippen molar-refractivity contribution in [2.75, 3.05) is 26.7 Å². The summed E-state index contributed by atoms with van der Waals surface area (Å²) in [5.74, 6) is 0.463. The molecule has 31 heavy (non-hydrogen) atoms. The van der Waals surface area contributed by atoms with Crippen LogP contribution < -0.4 is 15.5 Å². The second-order valence-electron chi connectivity index (χ2n) is 8.17. The lowest BCUT2D eigenvalue weighted by atomic mass is 10.0. The summed E-state index contributed by atoms with van der Waals surface area (Å²) in [7, 11) is 1.65. The average Bonchev–Trinajstić information content (AvgIpc) is 3.28. The molecule has 4 rings (SSSR count). The largest absolute Gasteiger partial charge is 0.497 e. The zero-order valence-corrected chi connectivity index (χ0v) is 18.2. The van der Waals surface area contributed by atoms with E-state index < -0.39 is 0 Å². The van der Waals surface area contributed by atoms with Crippen molar-refractivity contribution in [1.82, 2.24) is 10.2 Å². The van der Waals surface area contributed by atoms with Gasteiger partial charge in [-0.2, -0.15) is 0 Å². The summed E-state index contributed by atoms with van der Waals surface area (Å²) in [5.41, 5.74) is 3.20. The Labute approximate surface area is 181 Å². The van der Waals surface area contributed by atoms with Gasteiger partial charge in [0.1, 0.15) is 11.3 Å². The number of nitrogens with zero attached hydrogens (tertiary/aromatic N) is 1. The molecule has 0 saturated carbocycles. The number of aryl methyl sites for hydroxylation is 2. The van der Waals surface area contributed by atoms with Crippen LogP contribution in [0.4, 0.5) is 0 Å². The number of carbonyl (C=O) groups excluding carboxylic acids is 1. The van der Waals surface area contributed by atoms with Gasteiger partial charge in [-0.05, 0) is 74.7 Å². The second kappa shape index (κ2) is 8.94. The molecule has 1 saturated heterocycles. The number of methoxy groups -OCH3 is 1. The van der Waals surface area contributed by atoms with Gasteiger partial charge in [0.2, 0.25) is 0 Å². The highest BCUT2D eigenvalue weighted by Crippen LogP contribution is 2.26. The van der Waals surface area contributed by atoms with E-state index in [0.29, 0.717) is 17.5 Å². The number of hydrogen-bond donors (Lipinski definition) is 1. The van der Waals surface area contributed by atoms with Gasteiger partial charge in [-0.25, -0.2) is 0 Å². The average molecular weight is 421 g/mol. The quantitative estimate of drug-likeness (QED) is 0.653. The Balaban J connectivity index is 1.56. The third-order valence-electron chi connectivity index (χ3n) is 5.93. The Morgan fingerprint density at radius 2 is 1.84 bits per heavy atom. The minimum Gasteiger partial charge on any atom is -0.497 e. The van der Waals surface area contributed by atoms with Crippen LogP contribution in [0.25, 0.3) is 11.0 Å². The first-order valence-corrected chi connectivity index (χ1v) is 10.7. The molecular formula is C25H28N2O4. The summed E-state index contributed by atoms with van der Waals surface area (Å²) in [6.45, 7) is 6.24. The number of benzene rings is 2. The Kier molecular flexibility index (Phi) is 6.09. The molecule has 2 aromatic carbocycles. The fourth-order valence-electron chi connectivity index (χ4n) is 4.39. The Bertz CT molecular complexity index is 1140. The van der Waals surface area contributed by atoms with Crippen LogP contribution in [0.1, 0.15) is 46.1 Å². The highest BCUT2D eigenvalue weighted by molar-refractivity contribution is 5.93. The van der Waals surface area contributed by atoms with Gasteiger partial charge < -0.3 is 14.5 Å². The second-order valence-corrected chi connectivity index (χ2v) is 8.17. The Morgan fingerprint density at radius 3 is 2.52 bits per heavy atom.